The van der Waals surface area contributed by atoms with Gasteiger partial charge in [-0.25, -0.2) is 0 Å². The highest BCUT2D eigenvalue weighted by atomic mass is 79.9. The molecule has 1 heterocycles. The minimum atomic E-state index is 0.264. The van der Waals surface area contributed by atoms with Gasteiger partial charge >= 0.3 is 0 Å². The van der Waals surface area contributed by atoms with E-state index in [4.69, 9.17) is 4.74 Å². The molecule has 2 nitrogen and oxygen atoms in total. The molecule has 2 aliphatic rings. The smallest absolute Gasteiger partial charge is 0.107 e. The Balaban J connectivity index is 1.96. The predicted molar refractivity (Wildman–Crippen MR) is 56.8 cm³/mol. The molecule has 74 valence electrons. The number of rotatable bonds is 2. The van der Waals surface area contributed by atoms with Crippen molar-refractivity contribution in [3.8, 4) is 0 Å². The number of nitrogens with zero attached hydrogens (tertiary/aromatic N) is 1. The largest absolute Gasteiger partial charge is 0.374 e. The van der Waals surface area contributed by atoms with Crippen molar-refractivity contribution >= 4 is 15.9 Å². The first-order valence-corrected chi connectivity index (χ1v) is 5.76. The Morgan fingerprint density at radius 2 is 2.15 bits per heavy atom. The lowest BCUT2D eigenvalue weighted by molar-refractivity contribution is 0.116. The average molecular weight is 246 g/mol. The third-order valence-corrected chi connectivity index (χ3v) is 3.77. The molecule has 1 fully saturated rings. The maximum atomic E-state index is 5.36. The van der Waals surface area contributed by atoms with Crippen LogP contribution in [0.5, 0.6) is 0 Å². The Kier molecular flexibility index (Phi) is 2.94. The first kappa shape index (κ1) is 9.53. The van der Waals surface area contributed by atoms with Crippen LogP contribution < -0.4 is 0 Å². The molecular weight excluding hydrogens is 230 g/mol. The summed E-state index contributed by atoms with van der Waals surface area (Å²) in [5.74, 6) is 0. The fraction of sp³-hybridized carbons (Fsp3) is 0.800. The van der Waals surface area contributed by atoms with Crippen LogP contribution in [0.4, 0.5) is 0 Å². The van der Waals surface area contributed by atoms with Gasteiger partial charge in [0.1, 0.15) is 6.10 Å². The van der Waals surface area contributed by atoms with E-state index in [2.05, 4.69) is 27.0 Å². The van der Waals surface area contributed by atoms with Crippen molar-refractivity contribution in [1.29, 1.82) is 0 Å². The number of halogens is 1. The molecule has 0 aromatic carbocycles. The summed E-state index contributed by atoms with van der Waals surface area (Å²) in [7, 11) is 1.78. The van der Waals surface area contributed by atoms with Crippen LogP contribution in [0.2, 0.25) is 0 Å². The maximum absolute atomic E-state index is 5.36. The van der Waals surface area contributed by atoms with Crippen molar-refractivity contribution in [3.05, 3.63) is 10.7 Å². The summed E-state index contributed by atoms with van der Waals surface area (Å²) in [6, 6.07) is 0.771. The van der Waals surface area contributed by atoms with Crippen molar-refractivity contribution in [3.63, 3.8) is 0 Å². The molecule has 0 spiro atoms. The molecule has 3 heteroatoms. The molecule has 0 aromatic rings. The van der Waals surface area contributed by atoms with Crippen LogP contribution in [0.25, 0.3) is 0 Å². The van der Waals surface area contributed by atoms with Gasteiger partial charge in [0, 0.05) is 30.4 Å². The minimum Gasteiger partial charge on any atom is -0.374 e. The van der Waals surface area contributed by atoms with E-state index in [0.717, 1.165) is 12.6 Å². The summed E-state index contributed by atoms with van der Waals surface area (Å²) in [5, 5.41) is 0. The second-order valence-corrected chi connectivity index (χ2v) is 4.79. The second-order valence-electron chi connectivity index (χ2n) is 3.87. The third-order valence-electron chi connectivity index (χ3n) is 3.05. The number of methoxy groups -OCH3 is 1. The van der Waals surface area contributed by atoms with E-state index < -0.39 is 0 Å². The standard InChI is InChI=1S/C10H16BrNO/c1-13-10-7-12(6-9(10)11)8-4-2-3-5-8/h6,8,10H,2-5,7H2,1H3. The second kappa shape index (κ2) is 4.01. The number of ether oxygens (including phenoxy) is 1. The van der Waals surface area contributed by atoms with Gasteiger partial charge < -0.3 is 9.64 Å². The van der Waals surface area contributed by atoms with Crippen molar-refractivity contribution in [1.82, 2.24) is 4.90 Å². The van der Waals surface area contributed by atoms with Gasteiger partial charge in [-0.15, -0.1) is 0 Å². The van der Waals surface area contributed by atoms with E-state index in [0.29, 0.717) is 0 Å². The summed E-state index contributed by atoms with van der Waals surface area (Å²) < 4.78 is 6.55. The zero-order valence-corrected chi connectivity index (χ0v) is 9.59. The zero-order chi connectivity index (χ0) is 9.26. The summed E-state index contributed by atoms with van der Waals surface area (Å²) >= 11 is 3.55. The average Bonchev–Trinajstić information content (AvgIpc) is 2.71. The highest BCUT2D eigenvalue weighted by Crippen LogP contribution is 2.30. The first-order chi connectivity index (χ1) is 6.31. The van der Waals surface area contributed by atoms with Crippen molar-refractivity contribution < 1.29 is 4.74 Å². The summed E-state index contributed by atoms with van der Waals surface area (Å²) in [6.07, 6.45) is 7.97. The monoisotopic (exact) mass is 245 g/mol. The van der Waals surface area contributed by atoms with Gasteiger partial charge in [0.15, 0.2) is 0 Å². The van der Waals surface area contributed by atoms with Crippen LogP contribution in [-0.2, 0) is 4.74 Å². The van der Waals surface area contributed by atoms with Gasteiger partial charge in [0.05, 0.1) is 0 Å². The van der Waals surface area contributed by atoms with Crippen molar-refractivity contribution in [2.45, 2.75) is 37.8 Å². The lowest BCUT2D eigenvalue weighted by atomic mass is 10.2. The molecule has 0 bridgehead atoms. The maximum Gasteiger partial charge on any atom is 0.107 e. The van der Waals surface area contributed by atoms with Crippen LogP contribution in [-0.4, -0.2) is 30.7 Å². The fourth-order valence-electron chi connectivity index (χ4n) is 2.25. The summed E-state index contributed by atoms with van der Waals surface area (Å²) in [4.78, 5) is 2.44. The van der Waals surface area contributed by atoms with Gasteiger partial charge in [-0.1, -0.05) is 28.8 Å². The zero-order valence-electron chi connectivity index (χ0n) is 8.00. The van der Waals surface area contributed by atoms with Gasteiger partial charge in [-0.3, -0.25) is 0 Å². The van der Waals surface area contributed by atoms with Gasteiger partial charge in [-0.2, -0.15) is 0 Å². The Labute approximate surface area is 88.1 Å². The highest BCUT2D eigenvalue weighted by Gasteiger charge is 2.28. The Bertz CT molecular complexity index is 211. The summed E-state index contributed by atoms with van der Waals surface area (Å²) in [6.45, 7) is 1.03. The van der Waals surface area contributed by atoms with Crippen LogP contribution in [0, 0.1) is 0 Å². The lowest BCUT2D eigenvalue weighted by Gasteiger charge is -2.24. The van der Waals surface area contributed by atoms with E-state index in [9.17, 15) is 0 Å². The van der Waals surface area contributed by atoms with Crippen LogP contribution in [0.3, 0.4) is 0 Å². The SMILES string of the molecule is COC1CN(C2CCCC2)C=C1Br. The molecule has 1 aliphatic carbocycles. The van der Waals surface area contributed by atoms with E-state index in [1.165, 1.54) is 30.2 Å². The van der Waals surface area contributed by atoms with Crippen LogP contribution >= 0.6 is 15.9 Å². The van der Waals surface area contributed by atoms with Crippen LogP contribution in [0.1, 0.15) is 25.7 Å². The molecule has 1 atom stereocenters. The molecule has 0 aromatic heterocycles. The van der Waals surface area contributed by atoms with E-state index in [1.807, 2.05) is 0 Å². The van der Waals surface area contributed by atoms with E-state index in [-0.39, 0.29) is 6.10 Å². The molecule has 1 saturated carbocycles. The highest BCUT2D eigenvalue weighted by molar-refractivity contribution is 9.11. The Morgan fingerprint density at radius 3 is 2.69 bits per heavy atom. The van der Waals surface area contributed by atoms with Gasteiger partial charge in [0.2, 0.25) is 0 Å². The third kappa shape index (κ3) is 1.91. The van der Waals surface area contributed by atoms with Crippen molar-refractivity contribution in [2.75, 3.05) is 13.7 Å². The molecule has 0 radical (unpaired) electrons. The summed E-state index contributed by atoms with van der Waals surface area (Å²) in [5.41, 5.74) is 0. The molecule has 0 amide bonds. The van der Waals surface area contributed by atoms with E-state index in [1.54, 1.807) is 7.11 Å². The lowest BCUT2D eigenvalue weighted by Crippen LogP contribution is -2.30. The van der Waals surface area contributed by atoms with Crippen molar-refractivity contribution in [2.24, 2.45) is 0 Å². The molecule has 1 aliphatic heterocycles. The molecule has 0 saturated heterocycles. The van der Waals surface area contributed by atoms with E-state index >= 15 is 0 Å². The Morgan fingerprint density at radius 1 is 1.46 bits per heavy atom. The van der Waals surface area contributed by atoms with Gasteiger partial charge in [-0.05, 0) is 12.8 Å². The molecule has 13 heavy (non-hydrogen) atoms. The van der Waals surface area contributed by atoms with Crippen LogP contribution in [0.15, 0.2) is 10.7 Å². The molecular formula is C10H16BrNO. The van der Waals surface area contributed by atoms with Gasteiger partial charge in [0.25, 0.3) is 0 Å². The number of hydrogen-bond acceptors (Lipinski definition) is 2. The fourth-order valence-corrected chi connectivity index (χ4v) is 2.85. The topological polar surface area (TPSA) is 12.5 Å². The quantitative estimate of drug-likeness (QED) is 0.742. The predicted octanol–water partition coefficient (Wildman–Crippen LogP) is 2.50. The normalized spacial score (nSPS) is 29.8. The minimum absolute atomic E-state index is 0.264. The number of hydrogen-bond donors (Lipinski definition) is 0. The first-order valence-electron chi connectivity index (χ1n) is 4.97. The molecule has 0 N–H and O–H groups in total. The molecule has 2 rings (SSSR count). The Hall–Kier alpha value is -0.0200. The molecule has 1 unspecified atom stereocenters.